The van der Waals surface area contributed by atoms with Crippen molar-refractivity contribution in [1.29, 1.82) is 0 Å². The Bertz CT molecular complexity index is 1130. The Hall–Kier alpha value is -2.53. The molecule has 2 atom stereocenters. The first-order valence-corrected chi connectivity index (χ1v) is 10.6. The van der Waals surface area contributed by atoms with E-state index < -0.39 is 35.6 Å². The van der Waals surface area contributed by atoms with Crippen LogP contribution < -0.4 is 0 Å². The summed E-state index contributed by atoms with van der Waals surface area (Å²) in [5.74, 6) is -0.640. The Labute approximate surface area is 185 Å². The molecule has 1 spiro atoms. The number of alkyl halides is 3. The summed E-state index contributed by atoms with van der Waals surface area (Å²) in [4.78, 5) is 27.5. The summed E-state index contributed by atoms with van der Waals surface area (Å²) in [6.45, 7) is 0.146. The number of amides is 2. The highest BCUT2D eigenvalue weighted by Gasteiger charge is 2.52. The molecule has 0 bridgehead atoms. The van der Waals surface area contributed by atoms with E-state index in [1.165, 1.54) is 9.80 Å². The number of aromatic nitrogens is 2. The fraction of sp³-hybridized carbons (Fsp3) is 0.550. The van der Waals surface area contributed by atoms with E-state index in [2.05, 4.69) is 5.10 Å². The predicted molar refractivity (Wildman–Crippen MR) is 106 cm³/mol. The summed E-state index contributed by atoms with van der Waals surface area (Å²) >= 11 is 6.35. The number of hydrogen-bond donors (Lipinski definition) is 1. The van der Waals surface area contributed by atoms with Gasteiger partial charge in [0.2, 0.25) is 0 Å². The van der Waals surface area contributed by atoms with Gasteiger partial charge in [0.1, 0.15) is 11.8 Å². The summed E-state index contributed by atoms with van der Waals surface area (Å²) in [7, 11) is 1.55. The molecular formula is C20H20ClF3N4O4. The van der Waals surface area contributed by atoms with Crippen molar-refractivity contribution >= 4 is 29.1 Å². The molecule has 2 aromatic heterocycles. The Morgan fingerprint density at radius 3 is 2.62 bits per heavy atom. The number of pyridine rings is 1. The average Bonchev–Trinajstić information content (AvgIpc) is 3.46. The first-order valence-electron chi connectivity index (χ1n) is 10.2. The second kappa shape index (κ2) is 6.98. The molecule has 0 radical (unpaired) electrons. The summed E-state index contributed by atoms with van der Waals surface area (Å²) < 4.78 is 47.1. The molecule has 2 aromatic rings. The molecule has 1 N–H and O–H groups in total. The maximum absolute atomic E-state index is 13.7. The van der Waals surface area contributed by atoms with Crippen molar-refractivity contribution in [3.8, 4) is 0 Å². The van der Waals surface area contributed by atoms with Crippen LogP contribution in [0, 0.1) is 0 Å². The van der Waals surface area contributed by atoms with E-state index in [9.17, 15) is 27.9 Å². The number of rotatable bonds is 2. The van der Waals surface area contributed by atoms with E-state index in [1.807, 2.05) is 0 Å². The van der Waals surface area contributed by atoms with E-state index in [4.69, 9.17) is 16.3 Å². The quantitative estimate of drug-likeness (QED) is 0.726. The van der Waals surface area contributed by atoms with Crippen LogP contribution in [0.3, 0.4) is 0 Å². The number of aliphatic hydroxyl groups excluding tert-OH is 1. The lowest BCUT2D eigenvalue weighted by Gasteiger charge is -2.41. The minimum Gasteiger partial charge on any atom is -0.438 e. The third kappa shape index (κ3) is 3.29. The van der Waals surface area contributed by atoms with Gasteiger partial charge in [-0.25, -0.2) is 9.31 Å². The fourth-order valence-corrected chi connectivity index (χ4v) is 4.73. The maximum atomic E-state index is 13.7. The molecule has 5 rings (SSSR count). The number of β-amino-alcohol motifs (C(OH)–C–C–N with tert-alkyl or cyclic N) is 1. The van der Waals surface area contributed by atoms with Crippen molar-refractivity contribution in [2.45, 2.75) is 43.1 Å². The van der Waals surface area contributed by atoms with E-state index in [0.29, 0.717) is 10.1 Å². The standard InChI is InChI=1S/C20H20ClF3N4O4/c1-26-9-19(32-18(26)31)4-5-27(8-14(19)29)17(30)16-15(21)12-6-11(10-2-3-10)7-13(20(22,23)24)28(12)25-16/h6-7,10,14,29H,2-5,8-9H2,1H3/t14-,19+/m0/s1. The molecule has 2 saturated heterocycles. The first-order chi connectivity index (χ1) is 15.0. The number of likely N-dealkylation sites (N-methyl/N-ethyl adjacent to an activating group) is 1. The SMILES string of the molecule is CN1C[C@@]2(CCN(C(=O)c3nn4c(C(F)(F)F)cc(C5CC5)cc4c3Cl)C[C@@H]2O)OC1=O. The Kier molecular flexibility index (Phi) is 4.65. The minimum absolute atomic E-state index is 0.0205. The van der Waals surface area contributed by atoms with Gasteiger partial charge in [0, 0.05) is 20.0 Å². The number of aliphatic hydroxyl groups is 1. The van der Waals surface area contributed by atoms with Crippen LogP contribution in [0.4, 0.5) is 18.0 Å². The zero-order valence-electron chi connectivity index (χ0n) is 17.0. The lowest BCUT2D eigenvalue weighted by Crippen LogP contribution is -2.58. The molecular weight excluding hydrogens is 453 g/mol. The lowest BCUT2D eigenvalue weighted by molar-refractivity contribution is -0.142. The maximum Gasteiger partial charge on any atom is 0.433 e. The van der Waals surface area contributed by atoms with Gasteiger partial charge in [0.15, 0.2) is 11.3 Å². The third-order valence-corrected chi connectivity index (χ3v) is 6.81. The number of halogens is 4. The van der Waals surface area contributed by atoms with Gasteiger partial charge in [0.25, 0.3) is 5.91 Å². The van der Waals surface area contributed by atoms with Crippen LogP contribution in [0.2, 0.25) is 5.02 Å². The molecule has 0 unspecified atom stereocenters. The second-order valence-electron chi connectivity index (χ2n) is 8.71. The highest BCUT2D eigenvalue weighted by molar-refractivity contribution is 6.36. The van der Waals surface area contributed by atoms with Crippen molar-refractivity contribution in [2.24, 2.45) is 0 Å². The van der Waals surface area contributed by atoms with Crippen LogP contribution >= 0.6 is 11.6 Å². The van der Waals surface area contributed by atoms with Crippen LogP contribution in [0.25, 0.3) is 5.52 Å². The van der Waals surface area contributed by atoms with E-state index in [0.717, 1.165) is 18.9 Å². The van der Waals surface area contributed by atoms with Gasteiger partial charge in [-0.3, -0.25) is 4.79 Å². The van der Waals surface area contributed by atoms with Gasteiger partial charge >= 0.3 is 12.3 Å². The van der Waals surface area contributed by atoms with E-state index in [1.54, 1.807) is 13.1 Å². The molecule has 2 aliphatic heterocycles. The first kappa shape index (κ1) is 21.3. The Balaban J connectivity index is 1.47. The van der Waals surface area contributed by atoms with Gasteiger partial charge in [-0.15, -0.1) is 0 Å². The lowest BCUT2D eigenvalue weighted by atomic mass is 9.88. The summed E-state index contributed by atoms with van der Waals surface area (Å²) in [5.41, 5.74) is -1.88. The van der Waals surface area contributed by atoms with Gasteiger partial charge in [0.05, 0.1) is 23.6 Å². The normalized spacial score (nSPS) is 26.3. The molecule has 0 aromatic carbocycles. The van der Waals surface area contributed by atoms with Crippen molar-refractivity contribution in [3.05, 3.63) is 34.1 Å². The molecule has 8 nitrogen and oxygen atoms in total. The van der Waals surface area contributed by atoms with Crippen LogP contribution in [-0.2, 0) is 10.9 Å². The number of piperidine rings is 1. The Morgan fingerprint density at radius 2 is 2.06 bits per heavy atom. The minimum atomic E-state index is -4.68. The van der Waals surface area contributed by atoms with Crippen LogP contribution in [0.5, 0.6) is 0 Å². The summed E-state index contributed by atoms with van der Waals surface area (Å²) in [6, 6.07) is 2.61. The number of likely N-dealkylation sites (tertiary alicyclic amines) is 1. The number of ether oxygens (including phenoxy) is 1. The molecule has 172 valence electrons. The second-order valence-corrected chi connectivity index (χ2v) is 9.09. The van der Waals surface area contributed by atoms with Gasteiger partial charge in [-0.05, 0) is 36.5 Å². The van der Waals surface area contributed by atoms with Crippen LogP contribution in [0.1, 0.15) is 46.9 Å². The monoisotopic (exact) mass is 472 g/mol. The number of carbonyl (C=O) groups excluding carboxylic acids is 2. The molecule has 2 amide bonds. The highest BCUT2D eigenvalue weighted by Crippen LogP contribution is 2.43. The third-order valence-electron chi connectivity index (χ3n) is 6.44. The van der Waals surface area contributed by atoms with E-state index >= 15 is 0 Å². The molecule has 3 fully saturated rings. The van der Waals surface area contributed by atoms with Crippen molar-refractivity contribution < 1.29 is 32.6 Å². The largest absolute Gasteiger partial charge is 0.438 e. The number of fused-ring (bicyclic) bond motifs is 1. The zero-order chi connectivity index (χ0) is 23.0. The summed E-state index contributed by atoms with van der Waals surface area (Å²) in [6.07, 6.45) is -4.60. The number of carbonyl (C=O) groups is 2. The molecule has 1 aliphatic carbocycles. The van der Waals surface area contributed by atoms with Gasteiger partial charge < -0.3 is 19.6 Å². The van der Waals surface area contributed by atoms with Crippen LogP contribution in [0.15, 0.2) is 12.1 Å². The fourth-order valence-electron chi connectivity index (χ4n) is 4.47. The molecule has 1 saturated carbocycles. The number of nitrogens with zero attached hydrogens (tertiary/aromatic N) is 4. The summed E-state index contributed by atoms with van der Waals surface area (Å²) in [5, 5.41) is 14.4. The smallest absolute Gasteiger partial charge is 0.433 e. The van der Waals surface area contributed by atoms with Crippen molar-refractivity contribution in [3.63, 3.8) is 0 Å². The van der Waals surface area contributed by atoms with E-state index in [-0.39, 0.29) is 48.2 Å². The molecule has 4 heterocycles. The van der Waals surface area contributed by atoms with Crippen LogP contribution in [-0.4, -0.2) is 74.9 Å². The number of hydrogen-bond acceptors (Lipinski definition) is 5. The molecule has 3 aliphatic rings. The van der Waals surface area contributed by atoms with Crippen molar-refractivity contribution in [2.75, 3.05) is 26.7 Å². The van der Waals surface area contributed by atoms with Gasteiger partial charge in [-0.1, -0.05) is 11.6 Å². The van der Waals surface area contributed by atoms with Crippen molar-refractivity contribution in [1.82, 2.24) is 19.4 Å². The highest BCUT2D eigenvalue weighted by atomic mass is 35.5. The van der Waals surface area contributed by atoms with Gasteiger partial charge in [-0.2, -0.15) is 18.3 Å². The topological polar surface area (TPSA) is 87.4 Å². The average molecular weight is 473 g/mol. The molecule has 32 heavy (non-hydrogen) atoms. The predicted octanol–water partition coefficient (Wildman–Crippen LogP) is 2.91. The zero-order valence-corrected chi connectivity index (χ0v) is 17.8. The Morgan fingerprint density at radius 1 is 1.34 bits per heavy atom. The molecule has 12 heteroatoms.